The van der Waals surface area contributed by atoms with Gasteiger partial charge >= 0.3 is 5.97 Å². The zero-order chi connectivity index (χ0) is 10.1. The number of thiazole rings is 2. The van der Waals surface area contributed by atoms with Gasteiger partial charge in [0.15, 0.2) is 5.69 Å². The van der Waals surface area contributed by atoms with Crippen LogP contribution in [0.25, 0.3) is 10.7 Å². The SMILES string of the molecule is Cc1nc(-c2nc(C(=O)O)cs2)cs1. The Kier molecular flexibility index (Phi) is 2.30. The van der Waals surface area contributed by atoms with E-state index in [9.17, 15) is 4.79 Å². The molecule has 0 atom stereocenters. The van der Waals surface area contributed by atoms with Crippen molar-refractivity contribution in [3.63, 3.8) is 0 Å². The van der Waals surface area contributed by atoms with Crippen LogP contribution in [0.15, 0.2) is 10.8 Å². The van der Waals surface area contributed by atoms with E-state index >= 15 is 0 Å². The highest BCUT2D eigenvalue weighted by atomic mass is 32.1. The van der Waals surface area contributed by atoms with E-state index in [1.165, 1.54) is 28.1 Å². The molecule has 4 nitrogen and oxygen atoms in total. The smallest absolute Gasteiger partial charge is 0.355 e. The summed E-state index contributed by atoms with van der Waals surface area (Å²) < 4.78 is 0. The van der Waals surface area contributed by atoms with E-state index in [4.69, 9.17) is 5.11 Å². The Hall–Kier alpha value is -1.27. The molecule has 0 saturated carbocycles. The van der Waals surface area contributed by atoms with Gasteiger partial charge in [0.2, 0.25) is 0 Å². The van der Waals surface area contributed by atoms with Crippen molar-refractivity contribution in [3.8, 4) is 10.7 Å². The molecular formula is C8H6N2O2S2. The lowest BCUT2D eigenvalue weighted by molar-refractivity contribution is 0.0691. The van der Waals surface area contributed by atoms with Crippen LogP contribution in [0, 0.1) is 6.92 Å². The van der Waals surface area contributed by atoms with Crippen molar-refractivity contribution in [3.05, 3.63) is 21.5 Å². The van der Waals surface area contributed by atoms with Gasteiger partial charge in [-0.3, -0.25) is 0 Å². The Labute approximate surface area is 87.9 Å². The maximum Gasteiger partial charge on any atom is 0.355 e. The number of nitrogens with zero attached hydrogens (tertiary/aromatic N) is 2. The second-order valence-electron chi connectivity index (χ2n) is 2.59. The first-order valence-corrected chi connectivity index (χ1v) is 5.54. The van der Waals surface area contributed by atoms with Crippen LogP contribution >= 0.6 is 22.7 Å². The summed E-state index contributed by atoms with van der Waals surface area (Å²) in [6.07, 6.45) is 0. The first-order valence-electron chi connectivity index (χ1n) is 3.78. The summed E-state index contributed by atoms with van der Waals surface area (Å²) in [5, 5.41) is 13.7. The zero-order valence-electron chi connectivity index (χ0n) is 7.22. The molecule has 0 aliphatic heterocycles. The molecule has 14 heavy (non-hydrogen) atoms. The van der Waals surface area contributed by atoms with Gasteiger partial charge in [0.25, 0.3) is 0 Å². The Morgan fingerprint density at radius 1 is 1.36 bits per heavy atom. The molecule has 2 heterocycles. The van der Waals surface area contributed by atoms with Gasteiger partial charge in [0.1, 0.15) is 10.7 Å². The van der Waals surface area contributed by atoms with Crippen LogP contribution in [-0.4, -0.2) is 21.0 Å². The molecule has 0 fully saturated rings. The number of aryl methyl sites for hydroxylation is 1. The van der Waals surface area contributed by atoms with Crippen molar-refractivity contribution in [2.75, 3.05) is 0 Å². The van der Waals surface area contributed by atoms with Crippen molar-refractivity contribution < 1.29 is 9.90 Å². The number of hydrogen-bond acceptors (Lipinski definition) is 5. The van der Waals surface area contributed by atoms with Gasteiger partial charge in [-0.05, 0) is 6.92 Å². The molecule has 2 rings (SSSR count). The quantitative estimate of drug-likeness (QED) is 0.853. The normalized spacial score (nSPS) is 10.4. The lowest BCUT2D eigenvalue weighted by Crippen LogP contribution is -1.95. The summed E-state index contributed by atoms with van der Waals surface area (Å²) in [6.45, 7) is 1.90. The Morgan fingerprint density at radius 3 is 2.64 bits per heavy atom. The molecule has 0 spiro atoms. The largest absolute Gasteiger partial charge is 0.476 e. The number of rotatable bonds is 2. The molecule has 0 aliphatic rings. The van der Waals surface area contributed by atoms with Gasteiger partial charge in [0, 0.05) is 10.8 Å². The lowest BCUT2D eigenvalue weighted by Gasteiger charge is -1.85. The topological polar surface area (TPSA) is 63.1 Å². The predicted octanol–water partition coefficient (Wildman–Crippen LogP) is 2.27. The highest BCUT2D eigenvalue weighted by Gasteiger charge is 2.11. The maximum absolute atomic E-state index is 10.6. The second kappa shape index (κ2) is 3.47. The fourth-order valence-electron chi connectivity index (χ4n) is 0.951. The highest BCUT2D eigenvalue weighted by Crippen LogP contribution is 2.24. The zero-order valence-corrected chi connectivity index (χ0v) is 8.85. The van der Waals surface area contributed by atoms with Crippen molar-refractivity contribution in [1.29, 1.82) is 0 Å². The number of carboxylic acid groups (broad SMARTS) is 1. The molecular weight excluding hydrogens is 220 g/mol. The molecule has 6 heteroatoms. The van der Waals surface area contributed by atoms with Crippen LogP contribution in [0.3, 0.4) is 0 Å². The summed E-state index contributed by atoms with van der Waals surface area (Å²) in [6, 6.07) is 0. The Morgan fingerprint density at radius 2 is 2.14 bits per heavy atom. The van der Waals surface area contributed by atoms with E-state index in [0.29, 0.717) is 5.01 Å². The second-order valence-corrected chi connectivity index (χ2v) is 4.52. The number of carbonyl (C=O) groups is 1. The highest BCUT2D eigenvalue weighted by molar-refractivity contribution is 7.14. The van der Waals surface area contributed by atoms with E-state index < -0.39 is 5.97 Å². The van der Waals surface area contributed by atoms with Crippen molar-refractivity contribution >= 4 is 28.6 Å². The van der Waals surface area contributed by atoms with Crippen LogP contribution in [0.1, 0.15) is 15.5 Å². The number of carboxylic acids is 1. The molecule has 72 valence electrons. The van der Waals surface area contributed by atoms with Gasteiger partial charge in [-0.1, -0.05) is 0 Å². The molecule has 0 saturated heterocycles. The molecule has 2 aromatic rings. The molecule has 1 N–H and O–H groups in total. The minimum atomic E-state index is -1.00. The summed E-state index contributed by atoms with van der Waals surface area (Å²) in [5.74, 6) is -1.00. The first-order chi connectivity index (χ1) is 6.66. The van der Waals surface area contributed by atoms with Gasteiger partial charge in [-0.2, -0.15) is 0 Å². The summed E-state index contributed by atoms with van der Waals surface area (Å²) in [7, 11) is 0. The molecule has 0 bridgehead atoms. The lowest BCUT2D eigenvalue weighted by atomic mass is 10.5. The van der Waals surface area contributed by atoms with E-state index in [2.05, 4.69) is 9.97 Å². The molecule has 0 aromatic carbocycles. The number of aromatic carboxylic acids is 1. The number of aromatic nitrogens is 2. The monoisotopic (exact) mass is 226 g/mol. The van der Waals surface area contributed by atoms with E-state index in [1.54, 1.807) is 0 Å². The Balaban J connectivity index is 2.38. The first kappa shape index (κ1) is 9.29. The molecule has 0 amide bonds. The minimum absolute atomic E-state index is 0.0793. The van der Waals surface area contributed by atoms with Gasteiger partial charge < -0.3 is 5.11 Å². The maximum atomic E-state index is 10.6. The van der Waals surface area contributed by atoms with Gasteiger partial charge in [0.05, 0.1) is 5.01 Å². The van der Waals surface area contributed by atoms with Gasteiger partial charge in [-0.15, -0.1) is 22.7 Å². The average Bonchev–Trinajstić information content (AvgIpc) is 2.70. The fraction of sp³-hybridized carbons (Fsp3) is 0.125. The average molecular weight is 226 g/mol. The summed E-state index contributed by atoms with van der Waals surface area (Å²) >= 11 is 2.82. The van der Waals surface area contributed by atoms with Crippen LogP contribution in [0.2, 0.25) is 0 Å². The van der Waals surface area contributed by atoms with E-state index in [1.807, 2.05) is 12.3 Å². The van der Waals surface area contributed by atoms with Crippen LogP contribution in [-0.2, 0) is 0 Å². The third-order valence-electron chi connectivity index (χ3n) is 1.56. The molecule has 0 unspecified atom stereocenters. The molecule has 0 aliphatic carbocycles. The minimum Gasteiger partial charge on any atom is -0.476 e. The predicted molar refractivity (Wildman–Crippen MR) is 54.9 cm³/mol. The van der Waals surface area contributed by atoms with Crippen LogP contribution in [0.5, 0.6) is 0 Å². The van der Waals surface area contributed by atoms with Crippen molar-refractivity contribution in [2.45, 2.75) is 6.92 Å². The van der Waals surface area contributed by atoms with Crippen LogP contribution < -0.4 is 0 Å². The summed E-state index contributed by atoms with van der Waals surface area (Å²) in [5.41, 5.74) is 0.834. The van der Waals surface area contributed by atoms with Crippen molar-refractivity contribution in [1.82, 2.24) is 9.97 Å². The van der Waals surface area contributed by atoms with Gasteiger partial charge in [-0.25, -0.2) is 14.8 Å². The summed E-state index contributed by atoms with van der Waals surface area (Å²) in [4.78, 5) is 18.8. The third-order valence-corrected chi connectivity index (χ3v) is 3.20. The fourth-order valence-corrected chi connectivity index (χ4v) is 2.38. The number of hydrogen-bond donors (Lipinski definition) is 1. The molecule has 2 aromatic heterocycles. The van der Waals surface area contributed by atoms with E-state index in [0.717, 1.165) is 10.7 Å². The Bertz CT molecular complexity index is 475. The van der Waals surface area contributed by atoms with E-state index in [-0.39, 0.29) is 5.69 Å². The standard InChI is InChI=1S/C8H6N2O2S2/c1-4-9-5(2-13-4)7-10-6(3-14-7)8(11)12/h2-3H,1H3,(H,11,12). The molecule has 0 radical (unpaired) electrons. The van der Waals surface area contributed by atoms with Crippen molar-refractivity contribution in [2.24, 2.45) is 0 Å². The third kappa shape index (κ3) is 1.66. The van der Waals surface area contributed by atoms with Crippen LogP contribution in [0.4, 0.5) is 0 Å².